The van der Waals surface area contributed by atoms with Crippen LogP contribution in [0.4, 0.5) is 0 Å². The Balaban J connectivity index is 1.54. The average molecular weight is 375 g/mol. The molecule has 1 fully saturated rings. The molecule has 2 aromatic carbocycles. The number of nitrogens with zero attached hydrogens (tertiary/aromatic N) is 3. The molecule has 2 heterocycles. The van der Waals surface area contributed by atoms with E-state index in [1.807, 2.05) is 35.2 Å². The van der Waals surface area contributed by atoms with Gasteiger partial charge in [0.2, 0.25) is 17.6 Å². The first-order chi connectivity index (χ1) is 13.4. The van der Waals surface area contributed by atoms with Gasteiger partial charge in [-0.05, 0) is 23.0 Å². The summed E-state index contributed by atoms with van der Waals surface area (Å²) < 4.78 is 5.53. The van der Waals surface area contributed by atoms with Gasteiger partial charge >= 0.3 is 0 Å². The monoisotopic (exact) mass is 375 g/mol. The number of rotatable bonds is 4. The van der Waals surface area contributed by atoms with Gasteiger partial charge in [0.1, 0.15) is 6.04 Å². The summed E-state index contributed by atoms with van der Waals surface area (Å²) in [5, 5.41) is 4.11. The third-order valence-electron chi connectivity index (χ3n) is 5.26. The van der Waals surface area contributed by atoms with Crippen molar-refractivity contribution in [2.75, 3.05) is 0 Å². The zero-order chi connectivity index (χ0) is 19.7. The highest BCUT2D eigenvalue weighted by atomic mass is 16.5. The molecule has 1 amide bonds. The molecule has 4 rings (SSSR count). The van der Waals surface area contributed by atoms with Crippen LogP contribution in [-0.2, 0) is 16.8 Å². The van der Waals surface area contributed by atoms with Crippen molar-refractivity contribution >= 4 is 5.91 Å². The van der Waals surface area contributed by atoms with E-state index in [0.29, 0.717) is 31.1 Å². The first-order valence-corrected chi connectivity index (χ1v) is 9.70. The van der Waals surface area contributed by atoms with E-state index in [1.54, 1.807) is 0 Å². The molecule has 1 aliphatic rings. The minimum absolute atomic E-state index is 0.113. The molecule has 0 N–H and O–H groups in total. The molecular weight excluding hydrogens is 350 g/mol. The predicted molar refractivity (Wildman–Crippen MR) is 107 cm³/mol. The molecule has 0 saturated carbocycles. The van der Waals surface area contributed by atoms with Gasteiger partial charge in [-0.15, -0.1) is 0 Å². The van der Waals surface area contributed by atoms with Crippen molar-refractivity contribution in [3.8, 4) is 11.4 Å². The van der Waals surface area contributed by atoms with Gasteiger partial charge in [0.25, 0.3) is 0 Å². The number of benzene rings is 2. The van der Waals surface area contributed by atoms with Crippen molar-refractivity contribution in [1.82, 2.24) is 15.0 Å². The quantitative estimate of drug-likeness (QED) is 0.651. The standard InChI is InChI=1S/C23H25N3O2/c1-23(2,3)18-11-9-16(10-12-18)15-26-19(13-14-20(26)27)22-24-21(25-28-22)17-7-5-4-6-8-17/h4-12,19H,13-15H2,1-3H3. The van der Waals surface area contributed by atoms with E-state index >= 15 is 0 Å². The van der Waals surface area contributed by atoms with Gasteiger partial charge in [-0.2, -0.15) is 4.98 Å². The Labute approximate surface area is 165 Å². The number of hydrogen-bond acceptors (Lipinski definition) is 4. The number of amides is 1. The maximum absolute atomic E-state index is 12.5. The predicted octanol–water partition coefficient (Wildman–Crippen LogP) is 4.90. The molecular formula is C23H25N3O2. The summed E-state index contributed by atoms with van der Waals surface area (Å²) in [4.78, 5) is 18.9. The van der Waals surface area contributed by atoms with Gasteiger partial charge in [-0.1, -0.05) is 80.5 Å². The van der Waals surface area contributed by atoms with E-state index in [2.05, 4.69) is 55.2 Å². The van der Waals surface area contributed by atoms with Crippen LogP contribution in [0.3, 0.4) is 0 Å². The zero-order valence-electron chi connectivity index (χ0n) is 16.6. The number of carbonyl (C=O) groups is 1. The zero-order valence-corrected chi connectivity index (χ0v) is 16.6. The summed E-state index contributed by atoms with van der Waals surface area (Å²) >= 11 is 0. The Kier molecular flexibility index (Phi) is 4.75. The highest BCUT2D eigenvalue weighted by Gasteiger charge is 2.36. The third kappa shape index (κ3) is 3.70. The minimum Gasteiger partial charge on any atom is -0.337 e. The van der Waals surface area contributed by atoms with Gasteiger partial charge in [0, 0.05) is 18.5 Å². The fourth-order valence-electron chi connectivity index (χ4n) is 3.57. The molecule has 0 bridgehead atoms. The van der Waals surface area contributed by atoms with Crippen LogP contribution in [0.2, 0.25) is 0 Å². The van der Waals surface area contributed by atoms with Crippen molar-refractivity contribution in [1.29, 1.82) is 0 Å². The lowest BCUT2D eigenvalue weighted by molar-refractivity contribution is -0.129. The second-order valence-electron chi connectivity index (χ2n) is 8.35. The fourth-order valence-corrected chi connectivity index (χ4v) is 3.57. The molecule has 0 spiro atoms. The second-order valence-corrected chi connectivity index (χ2v) is 8.35. The smallest absolute Gasteiger partial charge is 0.249 e. The van der Waals surface area contributed by atoms with Crippen molar-refractivity contribution in [2.24, 2.45) is 0 Å². The van der Waals surface area contributed by atoms with Crippen LogP contribution in [-0.4, -0.2) is 20.9 Å². The number of carbonyl (C=O) groups excluding carboxylic acids is 1. The Morgan fingerprint density at radius 1 is 1.07 bits per heavy atom. The molecule has 1 unspecified atom stereocenters. The first-order valence-electron chi connectivity index (χ1n) is 9.70. The van der Waals surface area contributed by atoms with Gasteiger partial charge in [0.05, 0.1) is 0 Å². The summed E-state index contributed by atoms with van der Waals surface area (Å²) in [6, 6.07) is 18.1. The lowest BCUT2D eigenvalue weighted by atomic mass is 9.87. The van der Waals surface area contributed by atoms with E-state index in [0.717, 1.165) is 11.1 Å². The molecule has 1 aromatic heterocycles. The molecule has 5 heteroatoms. The Bertz CT molecular complexity index is 956. The van der Waals surface area contributed by atoms with Crippen LogP contribution in [0.15, 0.2) is 59.1 Å². The topological polar surface area (TPSA) is 59.2 Å². The second kappa shape index (κ2) is 7.23. The maximum Gasteiger partial charge on any atom is 0.249 e. The van der Waals surface area contributed by atoms with Gasteiger partial charge < -0.3 is 9.42 Å². The normalized spacial score (nSPS) is 17.3. The molecule has 1 atom stereocenters. The number of likely N-dealkylation sites (tertiary alicyclic amines) is 1. The minimum atomic E-state index is -0.167. The molecule has 5 nitrogen and oxygen atoms in total. The third-order valence-corrected chi connectivity index (χ3v) is 5.26. The summed E-state index contributed by atoms with van der Waals surface area (Å²) in [5.41, 5.74) is 3.41. The Hall–Kier alpha value is -2.95. The lowest BCUT2D eigenvalue weighted by Gasteiger charge is -2.23. The highest BCUT2D eigenvalue weighted by molar-refractivity contribution is 5.78. The largest absolute Gasteiger partial charge is 0.337 e. The van der Waals surface area contributed by atoms with Gasteiger partial charge in [-0.25, -0.2) is 0 Å². The van der Waals surface area contributed by atoms with E-state index in [9.17, 15) is 4.79 Å². The lowest BCUT2D eigenvalue weighted by Crippen LogP contribution is -2.27. The molecule has 1 saturated heterocycles. The van der Waals surface area contributed by atoms with Crippen molar-refractivity contribution in [3.63, 3.8) is 0 Å². The summed E-state index contributed by atoms with van der Waals surface area (Å²) in [6.45, 7) is 7.14. The van der Waals surface area contributed by atoms with Crippen molar-refractivity contribution in [3.05, 3.63) is 71.6 Å². The summed E-state index contributed by atoms with van der Waals surface area (Å²) in [6.07, 6.45) is 1.21. The maximum atomic E-state index is 12.5. The molecule has 144 valence electrons. The molecule has 1 aliphatic heterocycles. The highest BCUT2D eigenvalue weighted by Crippen LogP contribution is 2.34. The summed E-state index contributed by atoms with van der Waals surface area (Å²) in [5.74, 6) is 1.20. The van der Waals surface area contributed by atoms with E-state index < -0.39 is 0 Å². The van der Waals surface area contributed by atoms with Crippen LogP contribution in [0, 0.1) is 0 Å². The van der Waals surface area contributed by atoms with Gasteiger partial charge in [0.15, 0.2) is 0 Å². The molecule has 0 radical (unpaired) electrons. The van der Waals surface area contributed by atoms with Gasteiger partial charge in [-0.3, -0.25) is 4.79 Å². The molecule has 28 heavy (non-hydrogen) atoms. The van der Waals surface area contributed by atoms with E-state index in [1.165, 1.54) is 5.56 Å². The summed E-state index contributed by atoms with van der Waals surface area (Å²) in [7, 11) is 0. The number of hydrogen-bond donors (Lipinski definition) is 0. The van der Waals surface area contributed by atoms with Crippen LogP contribution < -0.4 is 0 Å². The van der Waals surface area contributed by atoms with Crippen molar-refractivity contribution in [2.45, 2.75) is 51.6 Å². The van der Waals surface area contributed by atoms with Crippen LogP contribution in [0.5, 0.6) is 0 Å². The van der Waals surface area contributed by atoms with Crippen LogP contribution in [0.25, 0.3) is 11.4 Å². The molecule has 3 aromatic rings. The fraction of sp³-hybridized carbons (Fsp3) is 0.348. The SMILES string of the molecule is CC(C)(C)c1ccc(CN2C(=O)CCC2c2nc(-c3ccccc3)no2)cc1. The van der Waals surface area contributed by atoms with Crippen molar-refractivity contribution < 1.29 is 9.32 Å². The number of aromatic nitrogens is 2. The molecule has 0 aliphatic carbocycles. The van der Waals surface area contributed by atoms with E-state index in [-0.39, 0.29) is 17.4 Å². The average Bonchev–Trinajstić information content (AvgIpc) is 3.30. The Morgan fingerprint density at radius 3 is 2.46 bits per heavy atom. The van der Waals surface area contributed by atoms with E-state index in [4.69, 9.17) is 4.52 Å². The first kappa shape index (κ1) is 18.4. The van der Waals surface area contributed by atoms with Crippen LogP contribution in [0.1, 0.15) is 56.7 Å². The Morgan fingerprint density at radius 2 is 1.79 bits per heavy atom. The van der Waals surface area contributed by atoms with Crippen LogP contribution >= 0.6 is 0 Å².